The Morgan fingerprint density at radius 2 is 2.28 bits per heavy atom. The molecule has 2 rings (SSSR count). The van der Waals surface area contributed by atoms with E-state index in [9.17, 15) is 5.11 Å². The molecule has 1 N–H and O–H groups in total. The van der Waals surface area contributed by atoms with Crippen molar-refractivity contribution in [2.75, 3.05) is 20.2 Å². The number of hydrogen-bond donors (Lipinski definition) is 1. The van der Waals surface area contributed by atoms with Crippen LogP contribution in [0.25, 0.3) is 0 Å². The molecule has 18 heavy (non-hydrogen) atoms. The summed E-state index contributed by atoms with van der Waals surface area (Å²) in [5, 5.41) is 9.88. The van der Waals surface area contributed by atoms with Crippen molar-refractivity contribution in [3.63, 3.8) is 0 Å². The summed E-state index contributed by atoms with van der Waals surface area (Å²) < 4.78 is 5.20. The van der Waals surface area contributed by atoms with E-state index in [1.807, 2.05) is 6.07 Å². The molecule has 1 aromatic rings. The molecular weight excluding hydrogens is 226 g/mol. The van der Waals surface area contributed by atoms with Gasteiger partial charge in [-0.1, -0.05) is 13.3 Å². The summed E-state index contributed by atoms with van der Waals surface area (Å²) in [7, 11) is 1.66. The highest BCUT2D eigenvalue weighted by Gasteiger charge is 2.22. The lowest BCUT2D eigenvalue weighted by Gasteiger charge is -2.17. The number of benzene rings is 1. The highest BCUT2D eigenvalue weighted by Crippen LogP contribution is 2.27. The summed E-state index contributed by atoms with van der Waals surface area (Å²) in [5.41, 5.74) is 0.964. The summed E-state index contributed by atoms with van der Waals surface area (Å²) in [6.45, 7) is 5.37. The number of methoxy groups -OCH3 is 1. The van der Waals surface area contributed by atoms with E-state index in [0.717, 1.165) is 36.9 Å². The molecule has 1 atom stereocenters. The highest BCUT2D eigenvalue weighted by molar-refractivity contribution is 5.39. The number of hydrogen-bond acceptors (Lipinski definition) is 3. The second-order valence-corrected chi connectivity index (χ2v) is 5.17. The first-order valence-electron chi connectivity index (χ1n) is 6.81. The average Bonchev–Trinajstić information content (AvgIpc) is 2.80. The zero-order valence-electron chi connectivity index (χ0n) is 11.4. The number of aromatic hydroxyl groups is 1. The van der Waals surface area contributed by atoms with Crippen molar-refractivity contribution in [2.24, 2.45) is 5.92 Å². The molecular formula is C15H23NO2. The Kier molecular flexibility index (Phi) is 4.48. The minimum absolute atomic E-state index is 0.370. The number of nitrogens with zero attached hydrogens (tertiary/aromatic N) is 1. The number of rotatable bonds is 5. The van der Waals surface area contributed by atoms with Crippen LogP contribution in [0.4, 0.5) is 0 Å². The first-order valence-corrected chi connectivity index (χ1v) is 6.81. The molecule has 0 saturated carbocycles. The van der Waals surface area contributed by atoms with E-state index in [0.29, 0.717) is 5.75 Å². The van der Waals surface area contributed by atoms with E-state index >= 15 is 0 Å². The quantitative estimate of drug-likeness (QED) is 0.870. The van der Waals surface area contributed by atoms with Crippen LogP contribution in [0, 0.1) is 5.92 Å². The topological polar surface area (TPSA) is 32.7 Å². The van der Waals surface area contributed by atoms with E-state index in [-0.39, 0.29) is 0 Å². The van der Waals surface area contributed by atoms with Crippen molar-refractivity contribution < 1.29 is 9.84 Å². The zero-order valence-corrected chi connectivity index (χ0v) is 11.4. The smallest absolute Gasteiger partial charge is 0.120 e. The third-order valence-electron chi connectivity index (χ3n) is 3.75. The van der Waals surface area contributed by atoms with Gasteiger partial charge in [-0.2, -0.15) is 0 Å². The predicted octanol–water partition coefficient (Wildman–Crippen LogP) is 3.02. The number of ether oxygens (including phenoxy) is 1. The van der Waals surface area contributed by atoms with Crippen LogP contribution < -0.4 is 4.74 Å². The van der Waals surface area contributed by atoms with Crippen LogP contribution in [0.15, 0.2) is 18.2 Å². The van der Waals surface area contributed by atoms with Crippen LogP contribution in [0.3, 0.4) is 0 Å². The van der Waals surface area contributed by atoms with E-state index in [1.165, 1.54) is 19.3 Å². The Bertz CT molecular complexity index is 392. The first-order chi connectivity index (χ1) is 8.72. The summed E-state index contributed by atoms with van der Waals surface area (Å²) in [6.07, 6.45) is 3.88. The molecule has 0 amide bonds. The zero-order chi connectivity index (χ0) is 13.0. The van der Waals surface area contributed by atoms with Gasteiger partial charge >= 0.3 is 0 Å². The molecule has 100 valence electrons. The summed E-state index contributed by atoms with van der Waals surface area (Å²) in [5.74, 6) is 2.02. The fourth-order valence-corrected chi connectivity index (χ4v) is 2.76. The van der Waals surface area contributed by atoms with E-state index in [1.54, 1.807) is 19.2 Å². The van der Waals surface area contributed by atoms with Gasteiger partial charge in [0.1, 0.15) is 11.5 Å². The minimum Gasteiger partial charge on any atom is -0.508 e. The van der Waals surface area contributed by atoms with E-state index in [4.69, 9.17) is 4.74 Å². The first kappa shape index (κ1) is 13.2. The lowest BCUT2D eigenvalue weighted by atomic mass is 10.0. The van der Waals surface area contributed by atoms with Gasteiger partial charge in [-0.05, 0) is 43.5 Å². The number of phenols is 1. The van der Waals surface area contributed by atoms with Gasteiger partial charge < -0.3 is 9.84 Å². The molecule has 1 aromatic carbocycles. The van der Waals surface area contributed by atoms with Crippen LogP contribution >= 0.6 is 0 Å². The molecule has 3 nitrogen and oxygen atoms in total. The van der Waals surface area contributed by atoms with E-state index < -0.39 is 0 Å². The Morgan fingerprint density at radius 1 is 1.44 bits per heavy atom. The van der Waals surface area contributed by atoms with Crippen LogP contribution in [0.1, 0.15) is 31.7 Å². The maximum atomic E-state index is 9.88. The van der Waals surface area contributed by atoms with Crippen molar-refractivity contribution in [3.8, 4) is 11.5 Å². The second kappa shape index (κ2) is 6.10. The average molecular weight is 249 g/mol. The highest BCUT2D eigenvalue weighted by atomic mass is 16.5. The normalized spacial score (nSPS) is 20.2. The van der Waals surface area contributed by atoms with Crippen molar-refractivity contribution in [1.29, 1.82) is 0 Å². The molecule has 0 bridgehead atoms. The minimum atomic E-state index is 0.370. The van der Waals surface area contributed by atoms with Crippen LogP contribution in [0.5, 0.6) is 11.5 Å². The van der Waals surface area contributed by atoms with Gasteiger partial charge in [-0.25, -0.2) is 0 Å². The largest absolute Gasteiger partial charge is 0.508 e. The van der Waals surface area contributed by atoms with Gasteiger partial charge in [0.2, 0.25) is 0 Å². The Morgan fingerprint density at radius 3 is 3.00 bits per heavy atom. The molecule has 0 radical (unpaired) electrons. The van der Waals surface area contributed by atoms with Crippen LogP contribution in [0.2, 0.25) is 0 Å². The summed E-state index contributed by atoms with van der Waals surface area (Å²) in [4.78, 5) is 2.43. The van der Waals surface area contributed by atoms with Gasteiger partial charge in [0.05, 0.1) is 7.11 Å². The molecule has 1 saturated heterocycles. The third-order valence-corrected chi connectivity index (χ3v) is 3.75. The van der Waals surface area contributed by atoms with Crippen LogP contribution in [-0.2, 0) is 6.54 Å². The molecule has 1 heterocycles. The fourth-order valence-electron chi connectivity index (χ4n) is 2.76. The van der Waals surface area contributed by atoms with Gasteiger partial charge in [-0.3, -0.25) is 4.90 Å². The lowest BCUT2D eigenvalue weighted by molar-refractivity contribution is 0.306. The SMILES string of the molecule is CCCC1CCN(Cc2cc(OC)ccc2O)C1. The summed E-state index contributed by atoms with van der Waals surface area (Å²) in [6, 6.07) is 5.44. The monoisotopic (exact) mass is 249 g/mol. The van der Waals surface area contributed by atoms with Gasteiger partial charge in [0.25, 0.3) is 0 Å². The van der Waals surface area contributed by atoms with Crippen molar-refractivity contribution in [2.45, 2.75) is 32.7 Å². The Balaban J connectivity index is 1.97. The molecule has 3 heteroatoms. The number of likely N-dealkylation sites (tertiary alicyclic amines) is 1. The standard InChI is InChI=1S/C15H23NO2/c1-3-4-12-7-8-16(10-12)11-13-9-14(18-2)5-6-15(13)17/h5-6,9,12,17H,3-4,7-8,10-11H2,1-2H3. The second-order valence-electron chi connectivity index (χ2n) is 5.17. The third kappa shape index (κ3) is 3.16. The van der Waals surface area contributed by atoms with Crippen LogP contribution in [-0.4, -0.2) is 30.2 Å². The van der Waals surface area contributed by atoms with Crippen molar-refractivity contribution in [1.82, 2.24) is 4.90 Å². The number of phenolic OH excluding ortho intramolecular Hbond substituents is 1. The van der Waals surface area contributed by atoms with Gasteiger partial charge in [0, 0.05) is 18.7 Å². The Hall–Kier alpha value is -1.22. The predicted molar refractivity (Wildman–Crippen MR) is 73.0 cm³/mol. The Labute approximate surface area is 109 Å². The van der Waals surface area contributed by atoms with Crippen molar-refractivity contribution in [3.05, 3.63) is 23.8 Å². The summed E-state index contributed by atoms with van der Waals surface area (Å²) >= 11 is 0. The molecule has 1 fully saturated rings. The van der Waals surface area contributed by atoms with Crippen molar-refractivity contribution >= 4 is 0 Å². The molecule has 1 aliphatic heterocycles. The molecule has 1 unspecified atom stereocenters. The van der Waals surface area contributed by atoms with Gasteiger partial charge in [0.15, 0.2) is 0 Å². The van der Waals surface area contributed by atoms with Gasteiger partial charge in [-0.15, -0.1) is 0 Å². The molecule has 1 aliphatic rings. The maximum Gasteiger partial charge on any atom is 0.120 e. The molecule has 0 aliphatic carbocycles. The fraction of sp³-hybridized carbons (Fsp3) is 0.600. The molecule has 0 spiro atoms. The van der Waals surface area contributed by atoms with E-state index in [2.05, 4.69) is 11.8 Å². The maximum absolute atomic E-state index is 9.88. The lowest BCUT2D eigenvalue weighted by Crippen LogP contribution is -2.20. The molecule has 0 aromatic heterocycles.